The maximum Gasteiger partial charge on any atom is 0.269 e. The number of para-hydroxylation sites is 1. The highest BCUT2D eigenvalue weighted by Crippen LogP contribution is 2.39. The van der Waals surface area contributed by atoms with Crippen LogP contribution in [-0.4, -0.2) is 20.9 Å². The predicted octanol–water partition coefficient (Wildman–Crippen LogP) is 7.22. The molecule has 8 heteroatoms. The summed E-state index contributed by atoms with van der Waals surface area (Å²) in [5.41, 5.74) is 2.49. The second-order valence-electron chi connectivity index (χ2n) is 8.11. The third kappa shape index (κ3) is 4.85. The number of furan rings is 1. The van der Waals surface area contributed by atoms with E-state index < -0.39 is 4.92 Å². The number of thioether (sulfide) groups is 1. The Balaban J connectivity index is 1.46. The smallest absolute Gasteiger partial charge is 0.269 e. The summed E-state index contributed by atoms with van der Waals surface area (Å²) in [6.07, 6.45) is 1.71. The van der Waals surface area contributed by atoms with E-state index in [9.17, 15) is 14.9 Å². The summed E-state index contributed by atoms with van der Waals surface area (Å²) in [5, 5.41) is 11.5. The quantitative estimate of drug-likeness (QED) is 0.160. The normalized spacial score (nSPS) is 16.6. The molecule has 1 saturated heterocycles. The summed E-state index contributed by atoms with van der Waals surface area (Å²) in [6.45, 7) is 1.98. The van der Waals surface area contributed by atoms with Crippen molar-refractivity contribution in [1.82, 2.24) is 4.90 Å². The van der Waals surface area contributed by atoms with Gasteiger partial charge in [-0.2, -0.15) is 0 Å². The average molecular weight is 496 g/mol. The number of amidine groups is 1. The average Bonchev–Trinajstić information content (AvgIpc) is 3.49. The monoisotopic (exact) mass is 495 g/mol. The molecule has 4 aromatic rings. The van der Waals surface area contributed by atoms with Gasteiger partial charge < -0.3 is 4.42 Å². The van der Waals surface area contributed by atoms with Crippen LogP contribution in [0.25, 0.3) is 17.4 Å². The predicted molar refractivity (Wildman–Crippen MR) is 142 cm³/mol. The molecule has 178 valence electrons. The van der Waals surface area contributed by atoms with Crippen LogP contribution in [0.1, 0.15) is 24.3 Å². The van der Waals surface area contributed by atoms with E-state index in [1.54, 1.807) is 35.2 Å². The van der Waals surface area contributed by atoms with E-state index in [1.807, 2.05) is 67.6 Å². The van der Waals surface area contributed by atoms with Crippen molar-refractivity contribution in [2.24, 2.45) is 4.99 Å². The van der Waals surface area contributed by atoms with Gasteiger partial charge in [0.15, 0.2) is 5.17 Å². The molecule has 0 unspecified atom stereocenters. The number of hydrogen-bond donors (Lipinski definition) is 0. The van der Waals surface area contributed by atoms with Gasteiger partial charge >= 0.3 is 0 Å². The number of aliphatic imine (C=N–C) groups is 1. The van der Waals surface area contributed by atoms with Crippen LogP contribution in [0.2, 0.25) is 0 Å². The molecule has 7 nitrogen and oxygen atoms in total. The van der Waals surface area contributed by atoms with Gasteiger partial charge in [0.2, 0.25) is 0 Å². The topological polar surface area (TPSA) is 89.0 Å². The Morgan fingerprint density at radius 2 is 1.61 bits per heavy atom. The van der Waals surface area contributed by atoms with Gasteiger partial charge in [0.1, 0.15) is 11.5 Å². The van der Waals surface area contributed by atoms with Gasteiger partial charge in [0.25, 0.3) is 11.6 Å². The Kier molecular flexibility index (Phi) is 6.51. The lowest BCUT2D eigenvalue weighted by Gasteiger charge is -2.24. The van der Waals surface area contributed by atoms with Gasteiger partial charge in [-0.1, -0.05) is 48.5 Å². The number of nitrogens with zero attached hydrogens (tertiary/aromatic N) is 3. The number of non-ortho nitro benzene ring substituents is 1. The summed E-state index contributed by atoms with van der Waals surface area (Å²) in [6, 6.07) is 28.8. The lowest BCUT2D eigenvalue weighted by atomic mass is 10.1. The van der Waals surface area contributed by atoms with Gasteiger partial charge in [0.05, 0.1) is 21.6 Å². The van der Waals surface area contributed by atoms with Crippen molar-refractivity contribution >= 4 is 40.3 Å². The van der Waals surface area contributed by atoms with Crippen LogP contribution in [0.15, 0.2) is 111 Å². The van der Waals surface area contributed by atoms with Gasteiger partial charge in [-0.05, 0) is 60.6 Å². The zero-order chi connectivity index (χ0) is 25.1. The van der Waals surface area contributed by atoms with E-state index in [4.69, 9.17) is 9.41 Å². The van der Waals surface area contributed by atoms with Crippen LogP contribution in [0.5, 0.6) is 0 Å². The minimum Gasteiger partial charge on any atom is -0.457 e. The highest BCUT2D eigenvalue weighted by Gasteiger charge is 2.37. The summed E-state index contributed by atoms with van der Waals surface area (Å²) in [7, 11) is 0. The molecule has 0 aliphatic carbocycles. The molecule has 5 rings (SSSR count). The van der Waals surface area contributed by atoms with Gasteiger partial charge in [-0.25, -0.2) is 4.99 Å². The van der Waals surface area contributed by atoms with Crippen LogP contribution in [0.4, 0.5) is 11.4 Å². The molecular formula is C28H21N3O4S. The first kappa shape index (κ1) is 23.3. The van der Waals surface area contributed by atoms with E-state index >= 15 is 0 Å². The summed E-state index contributed by atoms with van der Waals surface area (Å²) in [4.78, 5) is 31.0. The number of hydrogen-bond acceptors (Lipinski definition) is 6. The van der Waals surface area contributed by atoms with Crippen molar-refractivity contribution in [3.05, 3.63) is 123 Å². The highest BCUT2D eigenvalue weighted by molar-refractivity contribution is 8.18. The number of rotatable bonds is 6. The Hall–Kier alpha value is -4.43. The first-order valence-electron chi connectivity index (χ1n) is 11.3. The molecule has 0 bridgehead atoms. The minimum atomic E-state index is -0.443. The summed E-state index contributed by atoms with van der Waals surface area (Å²) < 4.78 is 5.94. The number of carbonyl (C=O) groups is 1. The van der Waals surface area contributed by atoms with E-state index in [2.05, 4.69) is 0 Å². The first-order chi connectivity index (χ1) is 17.5. The third-order valence-corrected chi connectivity index (χ3v) is 6.73. The van der Waals surface area contributed by atoms with Crippen molar-refractivity contribution < 1.29 is 14.1 Å². The fraction of sp³-hybridized carbons (Fsp3) is 0.0714. The van der Waals surface area contributed by atoms with E-state index in [0.29, 0.717) is 27.2 Å². The second kappa shape index (κ2) is 10.1. The van der Waals surface area contributed by atoms with Gasteiger partial charge in [0, 0.05) is 23.8 Å². The first-order valence-corrected chi connectivity index (χ1v) is 12.1. The maximum atomic E-state index is 13.6. The van der Waals surface area contributed by atoms with Gasteiger partial charge in [-0.3, -0.25) is 19.8 Å². The molecule has 0 N–H and O–H groups in total. The Bertz CT molecular complexity index is 1460. The number of nitro groups is 1. The molecule has 2 heterocycles. The molecule has 1 fully saturated rings. The highest BCUT2D eigenvalue weighted by atomic mass is 32.2. The summed E-state index contributed by atoms with van der Waals surface area (Å²) in [5.74, 6) is 0.909. The number of amides is 1. The maximum absolute atomic E-state index is 13.6. The standard InChI is InChI=1S/C28H21N3O4S/c1-19(20-8-4-2-5-9-20)30-27(32)26(36-28(30)29-22-10-6-3-7-11-22)18-24-16-17-25(35-24)21-12-14-23(15-13-21)31(33)34/h2-19H,1H3/b26-18+,29-28?/t19-/m0/s1. The fourth-order valence-corrected chi connectivity index (χ4v) is 4.91. The van der Waals surface area contributed by atoms with Crippen LogP contribution in [0.3, 0.4) is 0 Å². The van der Waals surface area contributed by atoms with Crippen LogP contribution in [-0.2, 0) is 4.79 Å². The Morgan fingerprint density at radius 1 is 0.944 bits per heavy atom. The van der Waals surface area contributed by atoms with Gasteiger partial charge in [-0.15, -0.1) is 0 Å². The molecule has 1 aromatic heterocycles. The molecule has 1 aliphatic heterocycles. The van der Waals surface area contributed by atoms with Crippen molar-refractivity contribution in [3.8, 4) is 11.3 Å². The second-order valence-corrected chi connectivity index (χ2v) is 9.12. The van der Waals surface area contributed by atoms with E-state index in [1.165, 1.54) is 23.9 Å². The number of carbonyl (C=O) groups excluding carboxylic acids is 1. The number of benzene rings is 3. The molecule has 3 aromatic carbocycles. The lowest BCUT2D eigenvalue weighted by molar-refractivity contribution is -0.384. The molecule has 1 aliphatic rings. The number of nitro benzene ring substituents is 1. The zero-order valence-electron chi connectivity index (χ0n) is 19.3. The Labute approximate surface area is 211 Å². The minimum absolute atomic E-state index is 0.0125. The van der Waals surface area contributed by atoms with Crippen LogP contribution >= 0.6 is 11.8 Å². The molecule has 0 radical (unpaired) electrons. The molecule has 0 saturated carbocycles. The van der Waals surface area contributed by atoms with Crippen molar-refractivity contribution in [3.63, 3.8) is 0 Å². The summed E-state index contributed by atoms with van der Waals surface area (Å²) >= 11 is 1.30. The largest absolute Gasteiger partial charge is 0.457 e. The molecule has 1 amide bonds. The molecule has 36 heavy (non-hydrogen) atoms. The van der Waals surface area contributed by atoms with Crippen molar-refractivity contribution in [1.29, 1.82) is 0 Å². The van der Waals surface area contributed by atoms with Crippen LogP contribution < -0.4 is 0 Å². The fourth-order valence-electron chi connectivity index (χ4n) is 3.86. The van der Waals surface area contributed by atoms with Crippen LogP contribution in [0, 0.1) is 10.1 Å². The SMILES string of the molecule is C[C@@H](c1ccccc1)N1C(=O)/C(=C\c2ccc(-c3ccc([N+](=O)[O-])cc3)o2)SC1=Nc1ccccc1. The molecular weight excluding hydrogens is 474 g/mol. The van der Waals surface area contributed by atoms with Crippen molar-refractivity contribution in [2.45, 2.75) is 13.0 Å². The molecule has 1 atom stereocenters. The van der Waals surface area contributed by atoms with Crippen molar-refractivity contribution in [2.75, 3.05) is 0 Å². The third-order valence-electron chi connectivity index (χ3n) is 5.75. The zero-order valence-corrected chi connectivity index (χ0v) is 20.1. The van der Waals surface area contributed by atoms with E-state index in [0.717, 1.165) is 11.3 Å². The lowest BCUT2D eigenvalue weighted by Crippen LogP contribution is -2.32. The Morgan fingerprint density at radius 3 is 2.28 bits per heavy atom. The molecule has 0 spiro atoms. The van der Waals surface area contributed by atoms with E-state index in [-0.39, 0.29) is 17.6 Å².